The lowest BCUT2D eigenvalue weighted by Gasteiger charge is -2.09. The zero-order valence-corrected chi connectivity index (χ0v) is 14.4. The standard InChI is InChI=1S/C21H13ClN4/c22-18-11-5-4-10-16(18)20-24-25-21-17(14-7-2-1-3-8-14)13-15-9-6-12-23-19(15)26(20)21/h1-13H. The van der Waals surface area contributed by atoms with Crippen LogP contribution in [-0.2, 0) is 0 Å². The summed E-state index contributed by atoms with van der Waals surface area (Å²) in [5.41, 5.74) is 4.50. The molecule has 0 bridgehead atoms. The molecule has 124 valence electrons. The van der Waals surface area contributed by atoms with Crippen LogP contribution in [0.4, 0.5) is 0 Å². The van der Waals surface area contributed by atoms with Gasteiger partial charge >= 0.3 is 0 Å². The fourth-order valence-electron chi connectivity index (χ4n) is 3.24. The molecule has 0 amide bonds. The lowest BCUT2D eigenvalue weighted by atomic mass is 10.1. The average Bonchev–Trinajstić information content (AvgIpc) is 3.14. The van der Waals surface area contributed by atoms with Crippen molar-refractivity contribution in [2.24, 2.45) is 0 Å². The monoisotopic (exact) mass is 356 g/mol. The van der Waals surface area contributed by atoms with Crippen LogP contribution >= 0.6 is 11.6 Å². The fourth-order valence-corrected chi connectivity index (χ4v) is 3.46. The molecule has 0 fully saturated rings. The first-order valence-electron chi connectivity index (χ1n) is 8.26. The van der Waals surface area contributed by atoms with Gasteiger partial charge in [0.1, 0.15) is 5.65 Å². The van der Waals surface area contributed by atoms with E-state index >= 15 is 0 Å². The Bertz CT molecular complexity index is 1250. The van der Waals surface area contributed by atoms with Crippen LogP contribution in [0.1, 0.15) is 0 Å². The van der Waals surface area contributed by atoms with Gasteiger partial charge in [-0.15, -0.1) is 10.2 Å². The maximum atomic E-state index is 6.42. The molecular formula is C21H13ClN4. The third-order valence-corrected chi connectivity index (χ3v) is 4.76. The van der Waals surface area contributed by atoms with Crippen molar-refractivity contribution in [3.05, 3.63) is 84.0 Å². The van der Waals surface area contributed by atoms with Crippen molar-refractivity contribution in [1.82, 2.24) is 19.6 Å². The third kappa shape index (κ3) is 2.27. The number of halogens is 1. The Balaban J connectivity index is 1.94. The van der Waals surface area contributed by atoms with Crippen LogP contribution in [0, 0.1) is 0 Å². The van der Waals surface area contributed by atoms with Crippen LogP contribution in [0.2, 0.25) is 5.02 Å². The Labute approximate surface area is 154 Å². The Morgan fingerprint density at radius 1 is 0.731 bits per heavy atom. The van der Waals surface area contributed by atoms with E-state index in [1.165, 1.54) is 0 Å². The zero-order valence-electron chi connectivity index (χ0n) is 13.7. The number of nitrogens with zero attached hydrogens (tertiary/aromatic N) is 4. The largest absolute Gasteiger partial charge is 0.258 e. The number of hydrogen-bond donors (Lipinski definition) is 0. The SMILES string of the molecule is Clc1ccccc1-c1nnc2c(-c3ccccc3)cc3cccnc3n12. The number of rotatable bonds is 2. The van der Waals surface area contributed by atoms with Crippen molar-refractivity contribution >= 4 is 28.3 Å². The van der Waals surface area contributed by atoms with Gasteiger partial charge in [0, 0.05) is 22.7 Å². The van der Waals surface area contributed by atoms with Crippen LogP contribution in [0.3, 0.4) is 0 Å². The minimum Gasteiger partial charge on any atom is -0.258 e. The van der Waals surface area contributed by atoms with Crippen molar-refractivity contribution in [2.75, 3.05) is 0 Å². The zero-order chi connectivity index (χ0) is 17.5. The van der Waals surface area contributed by atoms with Crippen LogP contribution < -0.4 is 0 Å². The highest BCUT2D eigenvalue weighted by atomic mass is 35.5. The van der Waals surface area contributed by atoms with Gasteiger partial charge in [-0.1, -0.05) is 54.1 Å². The number of benzene rings is 2. The van der Waals surface area contributed by atoms with Gasteiger partial charge in [0.15, 0.2) is 11.5 Å². The maximum absolute atomic E-state index is 6.42. The first kappa shape index (κ1) is 15.0. The number of aromatic nitrogens is 4. The summed E-state index contributed by atoms with van der Waals surface area (Å²) in [6.07, 6.45) is 1.78. The Morgan fingerprint density at radius 3 is 2.38 bits per heavy atom. The summed E-state index contributed by atoms with van der Waals surface area (Å²) in [6.45, 7) is 0. The van der Waals surface area contributed by atoms with E-state index in [2.05, 4.69) is 33.4 Å². The average molecular weight is 357 g/mol. The van der Waals surface area contributed by atoms with E-state index in [1.54, 1.807) is 6.20 Å². The van der Waals surface area contributed by atoms with Gasteiger partial charge in [-0.3, -0.25) is 4.40 Å². The summed E-state index contributed by atoms with van der Waals surface area (Å²) < 4.78 is 1.98. The molecule has 0 aliphatic carbocycles. The van der Waals surface area contributed by atoms with Crippen molar-refractivity contribution < 1.29 is 0 Å². The molecule has 5 aromatic rings. The molecule has 0 radical (unpaired) electrons. The summed E-state index contributed by atoms with van der Waals surface area (Å²) in [5, 5.41) is 10.6. The molecule has 0 atom stereocenters. The van der Waals surface area contributed by atoms with Crippen LogP contribution in [-0.4, -0.2) is 19.6 Å². The van der Waals surface area contributed by atoms with Gasteiger partial charge in [-0.2, -0.15) is 0 Å². The molecule has 0 aliphatic heterocycles. The van der Waals surface area contributed by atoms with E-state index in [1.807, 2.05) is 59.0 Å². The first-order valence-corrected chi connectivity index (χ1v) is 8.64. The summed E-state index contributed by atoms with van der Waals surface area (Å²) in [6, 6.07) is 23.9. The van der Waals surface area contributed by atoms with Crippen molar-refractivity contribution in [2.45, 2.75) is 0 Å². The molecule has 0 N–H and O–H groups in total. The Morgan fingerprint density at radius 2 is 1.54 bits per heavy atom. The van der Waals surface area contributed by atoms with E-state index < -0.39 is 0 Å². The molecule has 0 aliphatic rings. The lowest BCUT2D eigenvalue weighted by molar-refractivity contribution is 1.11. The Hall–Kier alpha value is -3.24. The maximum Gasteiger partial charge on any atom is 0.171 e. The predicted molar refractivity (Wildman–Crippen MR) is 104 cm³/mol. The molecule has 3 heterocycles. The minimum absolute atomic E-state index is 0.635. The highest BCUT2D eigenvalue weighted by Crippen LogP contribution is 2.33. The molecule has 0 unspecified atom stereocenters. The highest BCUT2D eigenvalue weighted by molar-refractivity contribution is 6.33. The molecule has 2 aromatic carbocycles. The van der Waals surface area contributed by atoms with Gasteiger partial charge in [0.25, 0.3) is 0 Å². The molecule has 26 heavy (non-hydrogen) atoms. The van der Waals surface area contributed by atoms with E-state index in [4.69, 9.17) is 11.6 Å². The third-order valence-electron chi connectivity index (χ3n) is 4.43. The van der Waals surface area contributed by atoms with Gasteiger partial charge in [-0.25, -0.2) is 4.98 Å². The van der Waals surface area contributed by atoms with Crippen LogP contribution in [0.5, 0.6) is 0 Å². The molecule has 5 rings (SSSR count). The summed E-state index contributed by atoms with van der Waals surface area (Å²) in [5.74, 6) is 0.687. The first-order chi connectivity index (χ1) is 12.8. The van der Waals surface area contributed by atoms with Crippen molar-refractivity contribution in [3.63, 3.8) is 0 Å². The minimum atomic E-state index is 0.635. The van der Waals surface area contributed by atoms with E-state index in [0.29, 0.717) is 10.8 Å². The molecule has 4 nitrogen and oxygen atoms in total. The topological polar surface area (TPSA) is 43.1 Å². The lowest BCUT2D eigenvalue weighted by Crippen LogP contribution is -1.97. The van der Waals surface area contributed by atoms with E-state index in [0.717, 1.165) is 33.4 Å². The smallest absolute Gasteiger partial charge is 0.171 e. The van der Waals surface area contributed by atoms with E-state index in [9.17, 15) is 0 Å². The number of fused-ring (bicyclic) bond motifs is 3. The van der Waals surface area contributed by atoms with Gasteiger partial charge < -0.3 is 0 Å². The highest BCUT2D eigenvalue weighted by Gasteiger charge is 2.17. The van der Waals surface area contributed by atoms with Gasteiger partial charge in [-0.05, 0) is 35.9 Å². The molecule has 0 spiro atoms. The van der Waals surface area contributed by atoms with Gasteiger partial charge in [0.05, 0.1) is 5.02 Å². The van der Waals surface area contributed by atoms with Crippen molar-refractivity contribution in [3.8, 4) is 22.5 Å². The fraction of sp³-hybridized carbons (Fsp3) is 0. The second-order valence-electron chi connectivity index (χ2n) is 6.00. The Kier molecular flexibility index (Phi) is 3.43. The quantitative estimate of drug-likeness (QED) is 0.433. The molecular weight excluding hydrogens is 344 g/mol. The molecule has 5 heteroatoms. The second kappa shape index (κ2) is 5.93. The molecule has 3 aromatic heterocycles. The predicted octanol–water partition coefficient (Wildman–Crippen LogP) is 5.26. The molecule has 0 saturated carbocycles. The summed E-state index contributed by atoms with van der Waals surface area (Å²) in [4.78, 5) is 4.57. The number of hydrogen-bond acceptors (Lipinski definition) is 3. The normalized spacial score (nSPS) is 11.3. The summed E-state index contributed by atoms with van der Waals surface area (Å²) in [7, 11) is 0. The molecule has 0 saturated heterocycles. The van der Waals surface area contributed by atoms with Crippen LogP contribution in [0.25, 0.3) is 39.2 Å². The van der Waals surface area contributed by atoms with Gasteiger partial charge in [0.2, 0.25) is 0 Å². The van der Waals surface area contributed by atoms with E-state index in [-0.39, 0.29) is 0 Å². The summed E-state index contributed by atoms with van der Waals surface area (Å²) >= 11 is 6.42. The second-order valence-corrected chi connectivity index (χ2v) is 6.41. The van der Waals surface area contributed by atoms with Crippen molar-refractivity contribution in [1.29, 1.82) is 0 Å². The number of pyridine rings is 2. The van der Waals surface area contributed by atoms with Crippen LogP contribution in [0.15, 0.2) is 79.0 Å².